The molecule has 0 radical (unpaired) electrons. The maximum atomic E-state index is 12.0. The van der Waals surface area contributed by atoms with Gasteiger partial charge in [-0.25, -0.2) is 0 Å². The predicted octanol–water partition coefficient (Wildman–Crippen LogP) is 9.61. The SMILES string of the molecule is CC(=O)c1nn(CC(C)(C)C)c2ccc(-c3ccc(C)cn3)cc12.CC(=O)c1nn(CC(C)(C)C)c2ccc(-c3ccccc3)cc12. The van der Waals surface area contributed by atoms with Crippen molar-refractivity contribution in [3.63, 3.8) is 0 Å². The van der Waals surface area contributed by atoms with Crippen molar-refractivity contribution >= 4 is 33.4 Å². The highest BCUT2D eigenvalue weighted by molar-refractivity contribution is 6.06. The Labute approximate surface area is 277 Å². The van der Waals surface area contributed by atoms with E-state index in [0.717, 1.165) is 62.8 Å². The molecule has 0 fully saturated rings. The van der Waals surface area contributed by atoms with E-state index < -0.39 is 0 Å². The van der Waals surface area contributed by atoms with Crippen LogP contribution in [-0.2, 0) is 13.1 Å². The summed E-state index contributed by atoms with van der Waals surface area (Å²) in [5.74, 6) is -0.00505. The number of benzene rings is 3. The van der Waals surface area contributed by atoms with Crippen LogP contribution >= 0.6 is 0 Å². The standard InChI is InChI=1S/C20H23N3O.C20H22N2O/c1-13-6-8-17(21-11-13)15-7-9-18-16(10-15)19(14(2)24)22-23(18)12-20(3,4)5;1-14(23)19-17-12-16(15-8-6-5-7-9-15)10-11-18(17)22(21-19)13-20(2,3)4/h6-11H,12H2,1-5H3;5-12H,13H2,1-4H3. The first kappa shape index (κ1) is 33.5. The second-order valence-corrected chi connectivity index (χ2v) is 14.8. The summed E-state index contributed by atoms with van der Waals surface area (Å²) in [6, 6.07) is 26.6. The van der Waals surface area contributed by atoms with E-state index >= 15 is 0 Å². The van der Waals surface area contributed by atoms with Crippen LogP contribution in [0.15, 0.2) is 85.1 Å². The third-order valence-electron chi connectivity index (χ3n) is 7.73. The number of fused-ring (bicyclic) bond motifs is 2. The Morgan fingerprint density at radius 2 is 1.11 bits per heavy atom. The van der Waals surface area contributed by atoms with E-state index in [1.54, 1.807) is 13.8 Å². The van der Waals surface area contributed by atoms with Crippen LogP contribution in [0.4, 0.5) is 0 Å². The fraction of sp³-hybridized carbons (Fsp3) is 0.325. The Morgan fingerprint density at radius 1 is 0.617 bits per heavy atom. The third-order valence-corrected chi connectivity index (χ3v) is 7.73. The van der Waals surface area contributed by atoms with E-state index in [4.69, 9.17) is 0 Å². The summed E-state index contributed by atoms with van der Waals surface area (Å²) in [5, 5.41) is 11.0. The molecule has 6 aromatic rings. The van der Waals surface area contributed by atoms with E-state index in [1.807, 2.05) is 71.0 Å². The van der Waals surface area contributed by atoms with Gasteiger partial charge in [0.15, 0.2) is 11.6 Å². The van der Waals surface area contributed by atoms with Gasteiger partial charge in [0.2, 0.25) is 0 Å². The molecule has 0 aliphatic carbocycles. The molecular formula is C40H45N5O2. The Morgan fingerprint density at radius 3 is 1.55 bits per heavy atom. The van der Waals surface area contributed by atoms with Crippen LogP contribution in [0.5, 0.6) is 0 Å². The lowest BCUT2D eigenvalue weighted by atomic mass is 9.97. The fourth-order valence-electron chi connectivity index (χ4n) is 5.63. The van der Waals surface area contributed by atoms with Gasteiger partial charge in [-0.15, -0.1) is 0 Å². The molecule has 0 spiro atoms. The van der Waals surface area contributed by atoms with Crippen LogP contribution in [0.2, 0.25) is 0 Å². The molecule has 242 valence electrons. The van der Waals surface area contributed by atoms with Gasteiger partial charge in [-0.3, -0.25) is 23.9 Å². The molecule has 0 unspecified atom stereocenters. The second-order valence-electron chi connectivity index (χ2n) is 14.8. The molecule has 0 bridgehead atoms. The fourth-order valence-corrected chi connectivity index (χ4v) is 5.63. The maximum Gasteiger partial charge on any atom is 0.180 e. The average Bonchev–Trinajstić information content (AvgIpc) is 3.54. The van der Waals surface area contributed by atoms with Crippen LogP contribution in [-0.4, -0.2) is 36.1 Å². The zero-order valence-corrected chi connectivity index (χ0v) is 29.0. The molecule has 7 heteroatoms. The molecule has 0 aliphatic rings. The molecule has 7 nitrogen and oxygen atoms in total. The lowest BCUT2D eigenvalue weighted by Crippen LogP contribution is -2.16. The number of nitrogens with zero attached hydrogens (tertiary/aromatic N) is 5. The summed E-state index contributed by atoms with van der Waals surface area (Å²) in [6.45, 7) is 19.7. The number of Topliss-reactive ketones (excluding diaryl/α,β-unsaturated/α-hetero) is 2. The van der Waals surface area contributed by atoms with E-state index in [0.29, 0.717) is 11.4 Å². The molecule has 0 aliphatic heterocycles. The first-order valence-corrected chi connectivity index (χ1v) is 16.1. The van der Waals surface area contributed by atoms with Crippen molar-refractivity contribution in [3.8, 4) is 22.4 Å². The van der Waals surface area contributed by atoms with Gasteiger partial charge in [0.05, 0.1) is 16.7 Å². The van der Waals surface area contributed by atoms with Crippen LogP contribution < -0.4 is 0 Å². The lowest BCUT2D eigenvalue weighted by Gasteiger charge is -2.18. The Bertz CT molecular complexity index is 2050. The summed E-state index contributed by atoms with van der Waals surface area (Å²) in [4.78, 5) is 28.5. The zero-order valence-electron chi connectivity index (χ0n) is 29.0. The molecule has 6 rings (SSSR count). The summed E-state index contributed by atoms with van der Waals surface area (Å²) >= 11 is 0. The van der Waals surface area contributed by atoms with Gasteiger partial charge >= 0.3 is 0 Å². The van der Waals surface area contributed by atoms with Crippen molar-refractivity contribution in [2.24, 2.45) is 10.8 Å². The molecule has 47 heavy (non-hydrogen) atoms. The van der Waals surface area contributed by atoms with E-state index in [9.17, 15) is 9.59 Å². The molecular weight excluding hydrogens is 582 g/mol. The Hall–Kier alpha value is -4.91. The quantitative estimate of drug-likeness (QED) is 0.172. The van der Waals surface area contributed by atoms with Crippen molar-refractivity contribution in [2.75, 3.05) is 0 Å². The predicted molar refractivity (Wildman–Crippen MR) is 192 cm³/mol. The number of ketones is 2. The first-order chi connectivity index (χ1) is 22.1. The van der Waals surface area contributed by atoms with Crippen molar-refractivity contribution in [3.05, 3.63) is 102 Å². The minimum atomic E-state index is -0.0123. The van der Waals surface area contributed by atoms with Crippen LogP contribution in [0.1, 0.15) is 81.9 Å². The highest BCUT2D eigenvalue weighted by atomic mass is 16.1. The van der Waals surface area contributed by atoms with Gasteiger partial charge in [-0.05, 0) is 64.8 Å². The number of rotatable bonds is 6. The zero-order chi connectivity index (χ0) is 34.1. The largest absolute Gasteiger partial charge is 0.293 e. The molecule has 0 atom stereocenters. The highest BCUT2D eigenvalue weighted by Gasteiger charge is 2.20. The van der Waals surface area contributed by atoms with Gasteiger partial charge in [0.1, 0.15) is 11.4 Å². The average molecular weight is 628 g/mol. The highest BCUT2D eigenvalue weighted by Crippen LogP contribution is 2.30. The van der Waals surface area contributed by atoms with E-state index in [-0.39, 0.29) is 22.4 Å². The lowest BCUT2D eigenvalue weighted by molar-refractivity contribution is 0.100. The summed E-state index contributed by atoms with van der Waals surface area (Å²) in [5.41, 5.74) is 8.57. The van der Waals surface area contributed by atoms with Crippen molar-refractivity contribution in [2.45, 2.75) is 75.4 Å². The minimum absolute atomic E-state index is 0.00729. The van der Waals surface area contributed by atoms with Gasteiger partial charge in [0, 0.05) is 49.5 Å². The van der Waals surface area contributed by atoms with E-state index in [1.165, 1.54) is 0 Å². The normalized spacial score (nSPS) is 11.9. The summed E-state index contributed by atoms with van der Waals surface area (Å²) < 4.78 is 3.90. The van der Waals surface area contributed by atoms with E-state index in [2.05, 4.69) is 87.1 Å². The second kappa shape index (κ2) is 13.1. The van der Waals surface area contributed by atoms with Gasteiger partial charge in [-0.1, -0.05) is 90.1 Å². The van der Waals surface area contributed by atoms with Crippen LogP contribution in [0, 0.1) is 17.8 Å². The number of aromatic nitrogens is 5. The van der Waals surface area contributed by atoms with Gasteiger partial charge in [0.25, 0.3) is 0 Å². The molecule has 3 heterocycles. The number of carbonyl (C=O) groups is 2. The Kier molecular flexibility index (Phi) is 9.30. The smallest absolute Gasteiger partial charge is 0.180 e. The van der Waals surface area contributed by atoms with Gasteiger partial charge < -0.3 is 0 Å². The number of hydrogen-bond donors (Lipinski definition) is 0. The van der Waals surface area contributed by atoms with Crippen molar-refractivity contribution in [1.29, 1.82) is 0 Å². The molecule has 3 aromatic heterocycles. The first-order valence-electron chi connectivity index (χ1n) is 16.1. The monoisotopic (exact) mass is 627 g/mol. The van der Waals surface area contributed by atoms with Crippen LogP contribution in [0.3, 0.4) is 0 Å². The number of hydrogen-bond acceptors (Lipinski definition) is 5. The van der Waals surface area contributed by atoms with Gasteiger partial charge in [-0.2, -0.15) is 10.2 Å². The Balaban J connectivity index is 0.000000185. The number of carbonyl (C=O) groups excluding carboxylic acids is 2. The topological polar surface area (TPSA) is 82.7 Å². The van der Waals surface area contributed by atoms with Crippen LogP contribution in [0.25, 0.3) is 44.2 Å². The molecule has 0 saturated heterocycles. The number of aryl methyl sites for hydroxylation is 1. The minimum Gasteiger partial charge on any atom is -0.293 e. The summed E-state index contributed by atoms with van der Waals surface area (Å²) in [6.07, 6.45) is 1.86. The number of pyridine rings is 1. The molecule has 0 N–H and O–H groups in total. The maximum absolute atomic E-state index is 12.0. The molecule has 0 amide bonds. The summed E-state index contributed by atoms with van der Waals surface area (Å²) in [7, 11) is 0. The molecule has 3 aromatic carbocycles. The molecule has 0 saturated carbocycles. The third kappa shape index (κ3) is 7.91. The van der Waals surface area contributed by atoms with Crippen molar-refractivity contribution < 1.29 is 9.59 Å². The van der Waals surface area contributed by atoms with Crippen molar-refractivity contribution in [1.82, 2.24) is 24.5 Å².